The summed E-state index contributed by atoms with van der Waals surface area (Å²) >= 11 is 6.12. The molecule has 3 N–H and O–H groups in total. The van der Waals surface area contributed by atoms with Crippen LogP contribution in [0.25, 0.3) is 0 Å². The fourth-order valence-corrected chi connectivity index (χ4v) is 3.69. The number of carbonyl (C=O) groups excluding carboxylic acids is 1. The van der Waals surface area contributed by atoms with Crippen molar-refractivity contribution >= 4 is 48.0 Å². The summed E-state index contributed by atoms with van der Waals surface area (Å²) < 4.78 is 0. The molecular formula is C17H28Cl3N3O. The van der Waals surface area contributed by atoms with Gasteiger partial charge in [0.2, 0.25) is 0 Å². The fourth-order valence-electron chi connectivity index (χ4n) is 3.41. The van der Waals surface area contributed by atoms with E-state index in [0.717, 1.165) is 12.8 Å². The van der Waals surface area contributed by atoms with Crippen LogP contribution in [-0.4, -0.2) is 37.0 Å². The highest BCUT2D eigenvalue weighted by Crippen LogP contribution is 2.35. The van der Waals surface area contributed by atoms with Gasteiger partial charge in [-0.2, -0.15) is 0 Å². The Morgan fingerprint density at radius 2 is 2.08 bits per heavy atom. The lowest BCUT2D eigenvalue weighted by atomic mass is 9.75. The van der Waals surface area contributed by atoms with E-state index in [1.807, 2.05) is 0 Å². The molecule has 2 atom stereocenters. The molecule has 1 aliphatic carbocycles. The molecule has 1 saturated carbocycles. The lowest BCUT2D eigenvalue weighted by Crippen LogP contribution is -2.55. The minimum absolute atomic E-state index is 0. The lowest BCUT2D eigenvalue weighted by molar-refractivity contribution is 0.0675. The highest BCUT2D eigenvalue weighted by atomic mass is 35.5. The number of rotatable bonds is 4. The molecule has 0 heterocycles. The van der Waals surface area contributed by atoms with Crippen LogP contribution in [0.1, 0.15) is 43.0 Å². The van der Waals surface area contributed by atoms with Crippen molar-refractivity contribution in [2.45, 2.75) is 38.1 Å². The Balaban J connectivity index is 0.00000264. The van der Waals surface area contributed by atoms with E-state index < -0.39 is 0 Å². The first-order valence-corrected chi connectivity index (χ1v) is 8.22. The van der Waals surface area contributed by atoms with Crippen LogP contribution in [0, 0.1) is 5.92 Å². The molecule has 0 saturated heterocycles. The van der Waals surface area contributed by atoms with Gasteiger partial charge in [-0.25, -0.2) is 0 Å². The minimum atomic E-state index is -0.135. The average Bonchev–Trinajstić information content (AvgIpc) is 2.44. The van der Waals surface area contributed by atoms with Crippen LogP contribution < -0.4 is 11.1 Å². The van der Waals surface area contributed by atoms with Crippen molar-refractivity contribution in [1.29, 1.82) is 0 Å². The second-order valence-corrected chi connectivity index (χ2v) is 7.15. The number of nitrogen functional groups attached to an aromatic ring is 1. The fraction of sp³-hybridized carbons (Fsp3) is 0.588. The van der Waals surface area contributed by atoms with Gasteiger partial charge in [-0.15, -0.1) is 24.8 Å². The van der Waals surface area contributed by atoms with Gasteiger partial charge < -0.3 is 16.0 Å². The molecular weight excluding hydrogens is 369 g/mol. The number of likely N-dealkylation sites (N-methyl/N-ethyl adjacent to an activating group) is 1. The third-order valence-electron chi connectivity index (χ3n) is 4.83. The van der Waals surface area contributed by atoms with E-state index in [2.05, 4.69) is 31.2 Å². The molecule has 0 spiro atoms. The summed E-state index contributed by atoms with van der Waals surface area (Å²) in [4.78, 5) is 14.7. The van der Waals surface area contributed by atoms with E-state index in [-0.39, 0.29) is 36.3 Å². The molecule has 2 unspecified atom stereocenters. The number of amides is 1. The maximum Gasteiger partial charge on any atom is 0.252 e. The van der Waals surface area contributed by atoms with E-state index in [1.165, 1.54) is 12.8 Å². The lowest BCUT2D eigenvalue weighted by Gasteiger charge is -2.45. The number of benzene rings is 1. The second-order valence-electron chi connectivity index (χ2n) is 6.74. The van der Waals surface area contributed by atoms with Crippen LogP contribution >= 0.6 is 36.4 Å². The Kier molecular flexibility index (Phi) is 9.44. The van der Waals surface area contributed by atoms with Gasteiger partial charge in [0.15, 0.2) is 0 Å². The number of nitrogens with zero attached hydrogens (tertiary/aromatic N) is 1. The number of hydrogen-bond donors (Lipinski definition) is 2. The zero-order valence-corrected chi connectivity index (χ0v) is 16.9. The van der Waals surface area contributed by atoms with E-state index in [9.17, 15) is 4.79 Å². The normalized spacial score (nSPS) is 23.1. The Bertz CT molecular complexity index is 554. The van der Waals surface area contributed by atoms with Gasteiger partial charge >= 0.3 is 0 Å². The van der Waals surface area contributed by atoms with Crippen LogP contribution in [0.15, 0.2) is 18.2 Å². The molecule has 0 bridgehead atoms. The largest absolute Gasteiger partial charge is 0.399 e. The van der Waals surface area contributed by atoms with E-state index in [4.69, 9.17) is 17.3 Å². The molecule has 24 heavy (non-hydrogen) atoms. The van der Waals surface area contributed by atoms with Crippen LogP contribution in [0.5, 0.6) is 0 Å². The number of nitrogens with two attached hydrogens (primary N) is 1. The van der Waals surface area contributed by atoms with Crippen molar-refractivity contribution in [3.63, 3.8) is 0 Å². The van der Waals surface area contributed by atoms with Gasteiger partial charge in [0.25, 0.3) is 5.91 Å². The second kappa shape index (κ2) is 9.71. The first kappa shape index (κ1) is 23.3. The number of nitrogens with one attached hydrogen (secondary N) is 1. The van der Waals surface area contributed by atoms with Crippen molar-refractivity contribution in [3.05, 3.63) is 28.8 Å². The Morgan fingerprint density at radius 1 is 1.42 bits per heavy atom. The smallest absolute Gasteiger partial charge is 0.252 e. The number of anilines is 1. The van der Waals surface area contributed by atoms with Crippen LogP contribution in [0.4, 0.5) is 5.69 Å². The van der Waals surface area contributed by atoms with E-state index in [1.54, 1.807) is 18.2 Å². The molecule has 1 fully saturated rings. The summed E-state index contributed by atoms with van der Waals surface area (Å²) in [5, 5.41) is 3.46. The molecule has 7 heteroatoms. The van der Waals surface area contributed by atoms with Gasteiger partial charge in [-0.1, -0.05) is 31.4 Å². The van der Waals surface area contributed by atoms with Gasteiger partial charge in [-0.05, 0) is 51.1 Å². The third kappa shape index (κ3) is 5.41. The maximum atomic E-state index is 12.4. The molecule has 0 aliphatic heterocycles. The number of halogens is 3. The zero-order chi connectivity index (χ0) is 16.3. The topological polar surface area (TPSA) is 58.4 Å². The highest BCUT2D eigenvalue weighted by Gasteiger charge is 2.37. The number of hydrogen-bond acceptors (Lipinski definition) is 3. The summed E-state index contributed by atoms with van der Waals surface area (Å²) in [5.41, 5.74) is 6.75. The van der Waals surface area contributed by atoms with Gasteiger partial charge in [0, 0.05) is 17.8 Å². The molecule has 1 aromatic carbocycles. The quantitative estimate of drug-likeness (QED) is 0.756. The molecule has 1 aliphatic rings. The predicted molar refractivity (Wildman–Crippen MR) is 107 cm³/mol. The van der Waals surface area contributed by atoms with Crippen LogP contribution in [-0.2, 0) is 0 Å². The van der Waals surface area contributed by atoms with Crippen molar-refractivity contribution in [2.24, 2.45) is 5.92 Å². The van der Waals surface area contributed by atoms with Crippen molar-refractivity contribution in [2.75, 3.05) is 26.4 Å². The summed E-state index contributed by atoms with van der Waals surface area (Å²) in [5.74, 6) is 0.553. The van der Waals surface area contributed by atoms with Gasteiger partial charge in [0.05, 0.1) is 10.6 Å². The predicted octanol–water partition coefficient (Wildman–Crippen LogP) is 4.01. The molecule has 2 rings (SSSR count). The molecule has 4 nitrogen and oxygen atoms in total. The summed E-state index contributed by atoms with van der Waals surface area (Å²) in [6.07, 6.45) is 4.70. The molecule has 138 valence electrons. The molecule has 1 amide bonds. The standard InChI is InChI=1S/C17H26ClN3O.2ClH/c1-12-5-4-8-17(10-12,21(2)3)11-20-16(22)14-7-6-13(19)9-15(14)18;;/h6-7,9,12H,4-5,8,10-11,19H2,1-3H3,(H,20,22);2*1H. The summed E-state index contributed by atoms with van der Waals surface area (Å²) in [6, 6.07) is 4.99. The maximum absolute atomic E-state index is 12.4. The molecule has 0 radical (unpaired) electrons. The van der Waals surface area contributed by atoms with Crippen molar-refractivity contribution in [3.8, 4) is 0 Å². The summed E-state index contributed by atoms with van der Waals surface area (Å²) in [6.45, 7) is 2.93. The SMILES string of the molecule is CC1CCCC(CNC(=O)c2ccc(N)cc2Cl)(N(C)C)C1.Cl.Cl. The summed E-state index contributed by atoms with van der Waals surface area (Å²) in [7, 11) is 4.20. The van der Waals surface area contributed by atoms with E-state index >= 15 is 0 Å². The minimum Gasteiger partial charge on any atom is -0.399 e. The Labute approximate surface area is 162 Å². The zero-order valence-electron chi connectivity index (χ0n) is 14.5. The third-order valence-corrected chi connectivity index (χ3v) is 5.14. The van der Waals surface area contributed by atoms with Gasteiger partial charge in [-0.3, -0.25) is 4.79 Å². The average molecular weight is 397 g/mol. The Morgan fingerprint density at radius 3 is 2.62 bits per heavy atom. The van der Waals surface area contributed by atoms with Crippen LogP contribution in [0.2, 0.25) is 5.02 Å². The first-order valence-electron chi connectivity index (χ1n) is 7.85. The first-order chi connectivity index (χ1) is 10.3. The van der Waals surface area contributed by atoms with Crippen LogP contribution in [0.3, 0.4) is 0 Å². The Hall–Kier alpha value is -0.680. The van der Waals surface area contributed by atoms with Crippen molar-refractivity contribution in [1.82, 2.24) is 10.2 Å². The van der Waals surface area contributed by atoms with Crippen molar-refractivity contribution < 1.29 is 4.79 Å². The van der Waals surface area contributed by atoms with Gasteiger partial charge in [0.1, 0.15) is 0 Å². The molecule has 0 aromatic heterocycles. The highest BCUT2D eigenvalue weighted by molar-refractivity contribution is 6.34. The molecule has 1 aromatic rings. The number of carbonyl (C=O) groups is 1. The van der Waals surface area contributed by atoms with E-state index in [0.29, 0.717) is 28.7 Å². The monoisotopic (exact) mass is 395 g/mol.